The number of benzene rings is 1. The largest absolute Gasteiger partial charge is 0.481 e. The molecular weight excluding hydrogens is 299 g/mol. The van der Waals surface area contributed by atoms with Crippen molar-refractivity contribution >= 4 is 24.3 Å². The predicted molar refractivity (Wildman–Crippen MR) is 94.0 cm³/mol. The molecule has 0 amide bonds. The summed E-state index contributed by atoms with van der Waals surface area (Å²) >= 11 is 0. The number of hydrogen-bond acceptors (Lipinski definition) is 4. The third-order valence-electron chi connectivity index (χ3n) is 3.76. The Bertz CT molecular complexity index is 997. The van der Waals surface area contributed by atoms with Gasteiger partial charge in [0.15, 0.2) is 5.82 Å². The number of methoxy groups -OCH3 is 1. The molecule has 0 aliphatic heterocycles. The van der Waals surface area contributed by atoms with Gasteiger partial charge in [0, 0.05) is 12.3 Å². The van der Waals surface area contributed by atoms with Crippen molar-refractivity contribution in [2.24, 2.45) is 0 Å². The average molecular weight is 312 g/mol. The maximum absolute atomic E-state index is 5.90. The zero-order chi connectivity index (χ0) is 16.5. The van der Waals surface area contributed by atoms with Crippen molar-refractivity contribution in [2.75, 3.05) is 7.11 Å². The highest BCUT2D eigenvalue weighted by molar-refractivity contribution is 6.33. The van der Waals surface area contributed by atoms with Crippen LogP contribution in [0.15, 0.2) is 60.9 Å². The van der Waals surface area contributed by atoms with Gasteiger partial charge in [0.2, 0.25) is 5.88 Å². The molecular formula is C18H13BN4O. The summed E-state index contributed by atoms with van der Waals surface area (Å²) in [6.45, 7) is 0. The number of ether oxygens (including phenoxy) is 1. The Labute approximate surface area is 140 Å². The number of rotatable bonds is 3. The molecule has 0 unspecified atom stereocenters. The molecule has 0 saturated heterocycles. The molecule has 24 heavy (non-hydrogen) atoms. The van der Waals surface area contributed by atoms with Crippen LogP contribution in [0.2, 0.25) is 0 Å². The van der Waals surface area contributed by atoms with Crippen molar-refractivity contribution in [1.82, 2.24) is 19.5 Å². The fraction of sp³-hybridized carbons (Fsp3) is 0.0556. The minimum atomic E-state index is 0.562. The van der Waals surface area contributed by atoms with Crippen LogP contribution >= 0.6 is 0 Å². The van der Waals surface area contributed by atoms with Crippen LogP contribution in [0.3, 0.4) is 0 Å². The molecule has 0 saturated carbocycles. The van der Waals surface area contributed by atoms with Crippen LogP contribution in [-0.2, 0) is 0 Å². The number of pyridine rings is 2. The average Bonchev–Trinajstić information content (AvgIpc) is 3.01. The van der Waals surface area contributed by atoms with Gasteiger partial charge in [0.05, 0.1) is 30.0 Å². The maximum Gasteiger partial charge on any atom is 0.213 e. The Morgan fingerprint density at radius 1 is 1.04 bits per heavy atom. The van der Waals surface area contributed by atoms with Gasteiger partial charge in [0.25, 0.3) is 0 Å². The lowest BCUT2D eigenvalue weighted by Gasteiger charge is -2.09. The molecule has 0 aliphatic carbocycles. The van der Waals surface area contributed by atoms with Gasteiger partial charge in [-0.05, 0) is 30.3 Å². The van der Waals surface area contributed by atoms with Gasteiger partial charge in [-0.25, -0.2) is 9.97 Å². The van der Waals surface area contributed by atoms with Gasteiger partial charge in [-0.1, -0.05) is 17.6 Å². The molecule has 1 aromatic carbocycles. The van der Waals surface area contributed by atoms with E-state index < -0.39 is 0 Å². The summed E-state index contributed by atoms with van der Waals surface area (Å²) in [7, 11) is 7.50. The van der Waals surface area contributed by atoms with Crippen molar-refractivity contribution in [1.29, 1.82) is 0 Å². The second-order valence-corrected chi connectivity index (χ2v) is 5.29. The highest BCUT2D eigenvalue weighted by Crippen LogP contribution is 2.27. The Morgan fingerprint density at radius 3 is 2.67 bits per heavy atom. The van der Waals surface area contributed by atoms with Crippen molar-refractivity contribution in [3.05, 3.63) is 60.9 Å². The summed E-state index contributed by atoms with van der Waals surface area (Å²) in [6.07, 6.45) is 3.50. The van der Waals surface area contributed by atoms with E-state index in [9.17, 15) is 0 Å². The minimum Gasteiger partial charge on any atom is -0.481 e. The lowest BCUT2D eigenvalue weighted by molar-refractivity contribution is 0.398. The smallest absolute Gasteiger partial charge is 0.213 e. The van der Waals surface area contributed by atoms with Crippen LogP contribution in [0.1, 0.15) is 0 Å². The number of fused-ring (bicyclic) bond motifs is 1. The summed E-state index contributed by atoms with van der Waals surface area (Å²) < 4.78 is 7.16. The Balaban J connectivity index is 2.00. The first-order valence-corrected chi connectivity index (χ1v) is 7.46. The summed E-state index contributed by atoms with van der Waals surface area (Å²) in [4.78, 5) is 13.4. The molecule has 3 aromatic heterocycles. The SMILES string of the molecule is [B]c1ccc2c(c1)nc(-c1ccccn1)n2-c1ccc(OC)nc1. The van der Waals surface area contributed by atoms with Gasteiger partial charge >= 0.3 is 0 Å². The highest BCUT2D eigenvalue weighted by atomic mass is 16.5. The molecule has 4 aromatic rings. The molecule has 0 fully saturated rings. The van der Waals surface area contributed by atoms with Gasteiger partial charge in [-0.3, -0.25) is 9.55 Å². The van der Waals surface area contributed by atoms with Crippen LogP contribution in [0.5, 0.6) is 5.88 Å². The van der Waals surface area contributed by atoms with Gasteiger partial charge in [-0.2, -0.15) is 0 Å². The van der Waals surface area contributed by atoms with E-state index in [2.05, 4.69) is 9.97 Å². The van der Waals surface area contributed by atoms with Crippen LogP contribution in [0.25, 0.3) is 28.2 Å². The van der Waals surface area contributed by atoms with Crippen LogP contribution in [-0.4, -0.2) is 34.5 Å². The summed E-state index contributed by atoms with van der Waals surface area (Å²) in [6, 6.07) is 15.2. The zero-order valence-electron chi connectivity index (χ0n) is 13.0. The van der Waals surface area contributed by atoms with E-state index in [0.29, 0.717) is 11.3 Å². The molecule has 0 N–H and O–H groups in total. The molecule has 4 rings (SSSR count). The number of hydrogen-bond donors (Lipinski definition) is 0. The monoisotopic (exact) mass is 312 g/mol. The third-order valence-corrected chi connectivity index (χ3v) is 3.76. The first-order chi connectivity index (χ1) is 11.8. The van der Waals surface area contributed by atoms with Crippen molar-refractivity contribution in [3.63, 3.8) is 0 Å². The molecule has 114 valence electrons. The Hall–Kier alpha value is -3.15. The molecule has 0 atom stereocenters. The quantitative estimate of drug-likeness (QED) is 0.545. The second kappa shape index (κ2) is 5.81. The zero-order valence-corrected chi connectivity index (χ0v) is 13.0. The standard InChI is InChI=1S/C18H13BN4O/c1-24-17-8-6-13(11-21-17)23-16-7-5-12(19)10-15(16)22-18(23)14-4-2-3-9-20-14/h2-11H,1H3. The van der Waals surface area contributed by atoms with Gasteiger partial charge in [0.1, 0.15) is 13.5 Å². The molecule has 3 heterocycles. The first-order valence-electron chi connectivity index (χ1n) is 7.46. The second-order valence-electron chi connectivity index (χ2n) is 5.29. The van der Waals surface area contributed by atoms with E-state index in [1.807, 2.05) is 53.1 Å². The van der Waals surface area contributed by atoms with Gasteiger partial charge < -0.3 is 4.74 Å². The summed E-state index contributed by atoms with van der Waals surface area (Å²) in [5.41, 5.74) is 4.09. The predicted octanol–water partition coefficient (Wildman–Crippen LogP) is 2.28. The van der Waals surface area contributed by atoms with E-state index in [1.165, 1.54) is 0 Å². The first kappa shape index (κ1) is 14.4. The topological polar surface area (TPSA) is 52.8 Å². The summed E-state index contributed by atoms with van der Waals surface area (Å²) in [5.74, 6) is 1.30. The van der Waals surface area contributed by atoms with Crippen molar-refractivity contribution in [3.8, 4) is 23.1 Å². The summed E-state index contributed by atoms with van der Waals surface area (Å²) in [5, 5.41) is 0. The number of aromatic nitrogens is 4. The molecule has 6 heteroatoms. The van der Waals surface area contributed by atoms with Crippen LogP contribution in [0, 0.1) is 0 Å². The number of nitrogens with zero attached hydrogens (tertiary/aromatic N) is 4. The number of imidazole rings is 1. The molecule has 0 spiro atoms. The fourth-order valence-electron chi connectivity index (χ4n) is 2.65. The van der Waals surface area contributed by atoms with E-state index in [0.717, 1.165) is 28.2 Å². The van der Waals surface area contributed by atoms with Gasteiger partial charge in [-0.15, -0.1) is 0 Å². The van der Waals surface area contributed by atoms with E-state index in [4.69, 9.17) is 17.6 Å². The molecule has 0 bridgehead atoms. The minimum absolute atomic E-state index is 0.562. The highest BCUT2D eigenvalue weighted by Gasteiger charge is 2.15. The fourth-order valence-corrected chi connectivity index (χ4v) is 2.65. The Kier molecular flexibility index (Phi) is 3.50. The van der Waals surface area contributed by atoms with Crippen LogP contribution in [0.4, 0.5) is 0 Å². The van der Waals surface area contributed by atoms with Crippen molar-refractivity contribution < 1.29 is 4.74 Å². The molecule has 5 nitrogen and oxygen atoms in total. The third kappa shape index (κ3) is 2.42. The maximum atomic E-state index is 5.90. The van der Waals surface area contributed by atoms with Crippen molar-refractivity contribution in [2.45, 2.75) is 0 Å². The lowest BCUT2D eigenvalue weighted by atomic mass is 9.96. The normalized spacial score (nSPS) is 10.9. The van der Waals surface area contributed by atoms with E-state index in [1.54, 1.807) is 19.5 Å². The Morgan fingerprint density at radius 2 is 1.96 bits per heavy atom. The van der Waals surface area contributed by atoms with E-state index in [-0.39, 0.29) is 0 Å². The molecule has 0 aliphatic rings. The lowest BCUT2D eigenvalue weighted by Crippen LogP contribution is -2.02. The van der Waals surface area contributed by atoms with Crippen LogP contribution < -0.4 is 10.2 Å². The van der Waals surface area contributed by atoms with E-state index >= 15 is 0 Å². The molecule has 2 radical (unpaired) electrons.